The average molecular weight is 463 g/mol. The molecule has 0 fully saturated rings. The van der Waals surface area contributed by atoms with Crippen LogP contribution in [0.5, 0.6) is 11.5 Å². The Balaban J connectivity index is 1.76. The molecule has 0 aliphatic rings. The van der Waals surface area contributed by atoms with E-state index in [1.165, 1.54) is 6.07 Å². The van der Waals surface area contributed by atoms with Gasteiger partial charge < -0.3 is 24.3 Å². The number of H-pyrrole nitrogens is 1. The Hall–Kier alpha value is -4.34. The molecular formula is C24H25N5O5. The topological polar surface area (TPSA) is 120 Å². The van der Waals surface area contributed by atoms with Gasteiger partial charge in [-0.15, -0.1) is 0 Å². The van der Waals surface area contributed by atoms with Gasteiger partial charge in [-0.3, -0.25) is 14.2 Å². The maximum atomic E-state index is 13.3. The minimum Gasteiger partial charge on any atom is -0.497 e. The second kappa shape index (κ2) is 9.26. The van der Waals surface area contributed by atoms with Crippen LogP contribution in [0.2, 0.25) is 0 Å². The maximum absolute atomic E-state index is 13.3. The van der Waals surface area contributed by atoms with Gasteiger partial charge in [0.05, 0.1) is 25.1 Å². The van der Waals surface area contributed by atoms with E-state index in [2.05, 4.69) is 15.3 Å². The SMILES string of the molecule is CCn1c(=O)[nH]c2cc(C(=O)NC(c3cc(OC)cc(OC)c3)c3nccn3C)ccc2c1=O. The van der Waals surface area contributed by atoms with Crippen molar-refractivity contribution in [3.05, 3.63) is 86.6 Å². The summed E-state index contributed by atoms with van der Waals surface area (Å²) in [6, 6.07) is 9.30. The van der Waals surface area contributed by atoms with E-state index in [0.29, 0.717) is 33.8 Å². The van der Waals surface area contributed by atoms with Gasteiger partial charge in [0.15, 0.2) is 0 Å². The number of carbonyl (C=O) groups excluding carboxylic acids is 1. The van der Waals surface area contributed by atoms with Crippen molar-refractivity contribution in [3.8, 4) is 11.5 Å². The number of hydrogen-bond acceptors (Lipinski definition) is 6. The van der Waals surface area contributed by atoms with Gasteiger partial charge >= 0.3 is 5.69 Å². The predicted octanol–water partition coefficient (Wildman–Crippen LogP) is 1.98. The van der Waals surface area contributed by atoms with E-state index in [9.17, 15) is 14.4 Å². The first kappa shape index (κ1) is 22.8. The maximum Gasteiger partial charge on any atom is 0.328 e. The first-order valence-electron chi connectivity index (χ1n) is 10.6. The van der Waals surface area contributed by atoms with Crippen molar-refractivity contribution in [1.29, 1.82) is 0 Å². The van der Waals surface area contributed by atoms with Gasteiger partial charge in [0.25, 0.3) is 11.5 Å². The summed E-state index contributed by atoms with van der Waals surface area (Å²) in [6.07, 6.45) is 3.43. The zero-order chi connectivity index (χ0) is 24.4. The predicted molar refractivity (Wildman–Crippen MR) is 127 cm³/mol. The molecule has 4 aromatic rings. The number of nitrogens with one attached hydrogen (secondary N) is 2. The van der Waals surface area contributed by atoms with Crippen LogP contribution in [0.15, 0.2) is 58.4 Å². The number of aryl methyl sites for hydroxylation is 1. The van der Waals surface area contributed by atoms with Crippen molar-refractivity contribution in [2.45, 2.75) is 19.5 Å². The number of amides is 1. The van der Waals surface area contributed by atoms with E-state index < -0.39 is 23.2 Å². The zero-order valence-electron chi connectivity index (χ0n) is 19.3. The van der Waals surface area contributed by atoms with Crippen LogP contribution in [-0.2, 0) is 13.6 Å². The Morgan fingerprint density at radius 1 is 1.12 bits per heavy atom. The molecule has 1 unspecified atom stereocenters. The van der Waals surface area contributed by atoms with Gasteiger partial charge in [0, 0.05) is 37.6 Å². The molecule has 0 bridgehead atoms. The lowest BCUT2D eigenvalue weighted by Crippen LogP contribution is -2.34. The summed E-state index contributed by atoms with van der Waals surface area (Å²) in [5.41, 5.74) is 0.364. The normalized spacial score (nSPS) is 11.9. The molecule has 2 N–H and O–H groups in total. The van der Waals surface area contributed by atoms with Crippen molar-refractivity contribution in [1.82, 2.24) is 24.4 Å². The number of imidazole rings is 1. The highest BCUT2D eigenvalue weighted by atomic mass is 16.5. The minimum absolute atomic E-state index is 0.252. The Kier molecular flexibility index (Phi) is 6.22. The molecule has 1 atom stereocenters. The van der Waals surface area contributed by atoms with Crippen LogP contribution in [0, 0.1) is 0 Å². The smallest absolute Gasteiger partial charge is 0.328 e. The molecule has 176 valence electrons. The molecule has 0 aliphatic heterocycles. The van der Waals surface area contributed by atoms with Gasteiger partial charge in [-0.1, -0.05) is 0 Å². The molecule has 10 heteroatoms. The lowest BCUT2D eigenvalue weighted by Gasteiger charge is -2.20. The van der Waals surface area contributed by atoms with E-state index in [4.69, 9.17) is 9.47 Å². The van der Waals surface area contributed by atoms with Crippen molar-refractivity contribution in [2.75, 3.05) is 14.2 Å². The zero-order valence-corrected chi connectivity index (χ0v) is 19.3. The molecule has 0 radical (unpaired) electrons. The van der Waals surface area contributed by atoms with Crippen molar-refractivity contribution in [2.24, 2.45) is 7.05 Å². The molecule has 0 saturated carbocycles. The molecule has 2 aromatic carbocycles. The van der Waals surface area contributed by atoms with Gasteiger partial charge in [0.1, 0.15) is 23.4 Å². The molecule has 0 aliphatic carbocycles. The largest absolute Gasteiger partial charge is 0.497 e. The summed E-state index contributed by atoms with van der Waals surface area (Å²) in [5.74, 6) is 1.33. The van der Waals surface area contributed by atoms with Gasteiger partial charge in [0.2, 0.25) is 0 Å². The number of ether oxygens (including phenoxy) is 2. The molecule has 34 heavy (non-hydrogen) atoms. The highest BCUT2D eigenvalue weighted by Crippen LogP contribution is 2.29. The number of aromatic amines is 1. The highest BCUT2D eigenvalue weighted by Gasteiger charge is 2.23. The Morgan fingerprint density at radius 3 is 2.41 bits per heavy atom. The van der Waals surface area contributed by atoms with Crippen LogP contribution >= 0.6 is 0 Å². The molecule has 2 heterocycles. The molecule has 0 spiro atoms. The summed E-state index contributed by atoms with van der Waals surface area (Å²) in [6.45, 7) is 1.97. The fourth-order valence-corrected chi connectivity index (χ4v) is 3.85. The number of carbonyl (C=O) groups is 1. The molecule has 2 aromatic heterocycles. The Bertz CT molecular complexity index is 1460. The minimum atomic E-state index is -0.626. The number of rotatable bonds is 7. The number of nitrogens with zero attached hydrogens (tertiary/aromatic N) is 3. The summed E-state index contributed by atoms with van der Waals surface area (Å²) in [7, 11) is 4.93. The fraction of sp³-hybridized carbons (Fsp3) is 0.250. The van der Waals surface area contributed by atoms with Crippen molar-refractivity contribution < 1.29 is 14.3 Å². The van der Waals surface area contributed by atoms with Crippen LogP contribution in [-0.4, -0.2) is 39.2 Å². The van der Waals surface area contributed by atoms with Crippen LogP contribution < -0.4 is 26.0 Å². The monoisotopic (exact) mass is 463 g/mol. The molecular weight excluding hydrogens is 438 g/mol. The van der Waals surface area contributed by atoms with Crippen molar-refractivity contribution in [3.63, 3.8) is 0 Å². The lowest BCUT2D eigenvalue weighted by molar-refractivity contribution is 0.0941. The summed E-state index contributed by atoms with van der Waals surface area (Å²) in [4.78, 5) is 45.1. The van der Waals surface area contributed by atoms with Crippen LogP contribution in [0.1, 0.15) is 34.7 Å². The quantitative estimate of drug-likeness (QED) is 0.432. The average Bonchev–Trinajstić information content (AvgIpc) is 3.27. The third kappa shape index (κ3) is 4.17. The Labute approximate surface area is 194 Å². The van der Waals surface area contributed by atoms with E-state index in [-0.39, 0.29) is 12.1 Å². The molecule has 1 amide bonds. The van der Waals surface area contributed by atoms with E-state index in [1.54, 1.807) is 63.9 Å². The molecule has 0 saturated heterocycles. The van der Waals surface area contributed by atoms with Crippen LogP contribution in [0.4, 0.5) is 0 Å². The van der Waals surface area contributed by atoms with Gasteiger partial charge in [-0.25, -0.2) is 9.78 Å². The fourth-order valence-electron chi connectivity index (χ4n) is 3.85. The van der Waals surface area contributed by atoms with Crippen LogP contribution in [0.25, 0.3) is 10.9 Å². The highest BCUT2D eigenvalue weighted by molar-refractivity contribution is 5.98. The number of aromatic nitrogens is 4. The summed E-state index contributed by atoms with van der Waals surface area (Å²) < 4.78 is 13.7. The van der Waals surface area contributed by atoms with E-state index in [1.807, 2.05) is 11.6 Å². The number of benzene rings is 2. The molecule has 10 nitrogen and oxygen atoms in total. The third-order valence-corrected chi connectivity index (χ3v) is 5.66. The first-order chi connectivity index (χ1) is 16.4. The van der Waals surface area contributed by atoms with Gasteiger partial charge in [-0.05, 0) is 42.8 Å². The van der Waals surface area contributed by atoms with E-state index >= 15 is 0 Å². The number of methoxy groups -OCH3 is 2. The van der Waals surface area contributed by atoms with Crippen molar-refractivity contribution >= 4 is 16.8 Å². The lowest BCUT2D eigenvalue weighted by atomic mass is 10.0. The first-order valence-corrected chi connectivity index (χ1v) is 10.6. The second-order valence-corrected chi connectivity index (χ2v) is 7.69. The number of fused-ring (bicyclic) bond motifs is 1. The summed E-state index contributed by atoms with van der Waals surface area (Å²) >= 11 is 0. The Morgan fingerprint density at radius 2 is 1.82 bits per heavy atom. The number of hydrogen-bond donors (Lipinski definition) is 2. The van der Waals surface area contributed by atoms with Crippen LogP contribution in [0.3, 0.4) is 0 Å². The molecule has 4 rings (SSSR count). The second-order valence-electron chi connectivity index (χ2n) is 7.69. The standard InChI is InChI=1S/C24H25N5O5/c1-5-29-23(31)18-7-6-14(12-19(18)26-24(29)32)22(30)27-20(21-25-8-9-28(21)2)15-10-16(33-3)13-17(11-15)34-4/h6-13,20H,5H2,1-4H3,(H,26,32)(H,27,30). The van der Waals surface area contributed by atoms with Gasteiger partial charge in [-0.2, -0.15) is 0 Å². The third-order valence-electron chi connectivity index (χ3n) is 5.66. The summed E-state index contributed by atoms with van der Waals surface area (Å²) in [5, 5.41) is 3.33. The van der Waals surface area contributed by atoms with E-state index in [0.717, 1.165) is 4.57 Å².